The molecule has 35 heavy (non-hydrogen) atoms. The Morgan fingerprint density at radius 2 is 1.63 bits per heavy atom. The first kappa shape index (κ1) is 22.5. The number of rotatable bonds is 10. The van der Waals surface area contributed by atoms with Gasteiger partial charge in [-0.3, -0.25) is 4.98 Å². The van der Waals surface area contributed by atoms with Crippen molar-refractivity contribution in [3.63, 3.8) is 0 Å². The molecule has 5 rings (SSSR count). The van der Waals surface area contributed by atoms with Gasteiger partial charge in [-0.25, -0.2) is 4.98 Å². The van der Waals surface area contributed by atoms with Crippen LogP contribution in [0.4, 0.5) is 11.8 Å². The lowest BCUT2D eigenvalue weighted by Crippen LogP contribution is -2.12. The maximum Gasteiger partial charge on any atom is 0.225 e. The lowest BCUT2D eigenvalue weighted by atomic mass is 10.1. The monoisotopic (exact) mass is 468 g/mol. The first-order valence-electron chi connectivity index (χ1n) is 11.6. The van der Waals surface area contributed by atoms with Crippen LogP contribution in [0.25, 0.3) is 21.8 Å². The minimum Gasteiger partial charge on any atom is -0.493 e. The predicted octanol–water partition coefficient (Wildman–Crippen LogP) is 4.83. The third-order valence-electron chi connectivity index (χ3n) is 5.95. The Morgan fingerprint density at radius 1 is 0.829 bits per heavy atom. The summed E-state index contributed by atoms with van der Waals surface area (Å²) in [5, 5.41) is 8.97. The Hall–Kier alpha value is -4.33. The van der Waals surface area contributed by atoms with Crippen molar-refractivity contribution < 1.29 is 9.47 Å². The van der Waals surface area contributed by atoms with Crippen molar-refractivity contribution in [2.45, 2.75) is 12.8 Å². The number of aromatic amines is 1. The average molecular weight is 469 g/mol. The number of hydrogen-bond donors (Lipinski definition) is 3. The molecule has 8 nitrogen and oxygen atoms in total. The molecule has 3 aromatic heterocycles. The quantitative estimate of drug-likeness (QED) is 0.270. The Kier molecular flexibility index (Phi) is 6.61. The van der Waals surface area contributed by atoms with Crippen molar-refractivity contribution in [3.8, 4) is 11.5 Å². The Morgan fingerprint density at radius 3 is 2.46 bits per heavy atom. The van der Waals surface area contributed by atoms with Gasteiger partial charge >= 0.3 is 0 Å². The molecule has 3 N–H and O–H groups in total. The number of pyridine rings is 1. The maximum absolute atomic E-state index is 5.52. The molecule has 8 heteroatoms. The molecule has 0 unspecified atom stereocenters. The molecule has 0 amide bonds. The summed E-state index contributed by atoms with van der Waals surface area (Å²) in [5.41, 5.74) is 4.20. The van der Waals surface area contributed by atoms with Crippen LogP contribution in [0.2, 0.25) is 0 Å². The summed E-state index contributed by atoms with van der Waals surface area (Å²) in [6, 6.07) is 18.0. The number of para-hydroxylation sites is 1. The molecular formula is C27H28N6O2. The van der Waals surface area contributed by atoms with Crippen LogP contribution in [0.15, 0.2) is 67.0 Å². The van der Waals surface area contributed by atoms with E-state index in [1.54, 1.807) is 20.4 Å². The topological polar surface area (TPSA) is 97.0 Å². The third-order valence-corrected chi connectivity index (χ3v) is 5.95. The second-order valence-corrected chi connectivity index (χ2v) is 8.15. The summed E-state index contributed by atoms with van der Waals surface area (Å²) in [6.45, 7) is 1.39. The zero-order valence-electron chi connectivity index (χ0n) is 19.8. The number of aromatic nitrogens is 4. The number of nitrogens with zero attached hydrogens (tertiary/aromatic N) is 3. The molecule has 0 saturated heterocycles. The number of benzene rings is 2. The molecule has 0 aliphatic carbocycles. The van der Waals surface area contributed by atoms with Crippen LogP contribution in [-0.4, -0.2) is 47.2 Å². The van der Waals surface area contributed by atoms with E-state index in [-0.39, 0.29) is 0 Å². The van der Waals surface area contributed by atoms with Gasteiger partial charge in [0.1, 0.15) is 5.82 Å². The van der Waals surface area contributed by atoms with E-state index >= 15 is 0 Å². The smallest absolute Gasteiger partial charge is 0.225 e. The van der Waals surface area contributed by atoms with E-state index in [1.807, 2.05) is 36.4 Å². The molecular weight excluding hydrogens is 440 g/mol. The van der Waals surface area contributed by atoms with Gasteiger partial charge in [0.15, 0.2) is 11.5 Å². The van der Waals surface area contributed by atoms with Crippen LogP contribution in [0, 0.1) is 0 Å². The molecule has 0 radical (unpaired) electrons. The van der Waals surface area contributed by atoms with Crippen molar-refractivity contribution in [2.24, 2.45) is 0 Å². The first-order chi connectivity index (χ1) is 17.2. The molecule has 5 aromatic rings. The summed E-state index contributed by atoms with van der Waals surface area (Å²) in [4.78, 5) is 17.2. The second kappa shape index (κ2) is 10.3. The maximum atomic E-state index is 5.52. The number of hydrogen-bond acceptors (Lipinski definition) is 7. The molecule has 0 atom stereocenters. The van der Waals surface area contributed by atoms with Gasteiger partial charge in [-0.1, -0.05) is 24.3 Å². The molecule has 2 aromatic carbocycles. The van der Waals surface area contributed by atoms with Gasteiger partial charge in [0.2, 0.25) is 5.95 Å². The van der Waals surface area contributed by atoms with Crippen LogP contribution >= 0.6 is 0 Å². The molecule has 0 spiro atoms. The van der Waals surface area contributed by atoms with E-state index in [0.29, 0.717) is 24.0 Å². The molecule has 0 saturated carbocycles. The fourth-order valence-corrected chi connectivity index (χ4v) is 4.17. The molecule has 0 aliphatic heterocycles. The molecule has 0 fully saturated rings. The summed E-state index contributed by atoms with van der Waals surface area (Å²) in [7, 11) is 3.25. The number of fused-ring (bicyclic) bond motifs is 2. The summed E-state index contributed by atoms with van der Waals surface area (Å²) in [5.74, 6) is 2.56. The van der Waals surface area contributed by atoms with Crippen LogP contribution in [0.5, 0.6) is 11.5 Å². The predicted molar refractivity (Wildman–Crippen MR) is 140 cm³/mol. The first-order valence-corrected chi connectivity index (χ1v) is 11.6. The van der Waals surface area contributed by atoms with Gasteiger partial charge in [-0.05, 0) is 36.2 Å². The van der Waals surface area contributed by atoms with Crippen molar-refractivity contribution >= 4 is 33.6 Å². The van der Waals surface area contributed by atoms with Gasteiger partial charge in [-0.2, -0.15) is 4.98 Å². The highest BCUT2D eigenvalue weighted by molar-refractivity contribution is 5.92. The minimum absolute atomic E-state index is 0.551. The van der Waals surface area contributed by atoms with Crippen molar-refractivity contribution in [3.05, 3.63) is 78.2 Å². The van der Waals surface area contributed by atoms with E-state index in [2.05, 4.69) is 45.0 Å². The lowest BCUT2D eigenvalue weighted by molar-refractivity contribution is 0.356. The SMILES string of the molecule is COc1cc2nc(NCCc3ccccn3)nc(NCCc3c[nH]c4ccccc34)c2cc1OC. The highest BCUT2D eigenvalue weighted by Gasteiger charge is 2.14. The van der Waals surface area contributed by atoms with Crippen molar-refractivity contribution in [1.29, 1.82) is 0 Å². The number of H-pyrrole nitrogens is 1. The van der Waals surface area contributed by atoms with Crippen LogP contribution in [0.1, 0.15) is 11.3 Å². The van der Waals surface area contributed by atoms with Gasteiger partial charge < -0.3 is 25.1 Å². The Bertz CT molecular complexity index is 1430. The fraction of sp³-hybridized carbons (Fsp3) is 0.222. The zero-order valence-corrected chi connectivity index (χ0v) is 19.8. The molecule has 0 bridgehead atoms. The molecule has 178 valence electrons. The average Bonchev–Trinajstić information content (AvgIpc) is 3.31. The molecule has 0 aliphatic rings. The number of methoxy groups -OCH3 is 2. The van der Waals surface area contributed by atoms with Crippen molar-refractivity contribution in [1.82, 2.24) is 19.9 Å². The standard InChI is InChI=1S/C27H28N6O2/c1-34-24-15-21-23(16-25(24)35-2)32-27(30-14-11-19-7-5-6-12-28-19)33-26(21)29-13-10-18-17-31-22-9-4-3-8-20(18)22/h3-9,12,15-17,31H,10-11,13-14H2,1-2H3,(H2,29,30,32,33). The normalized spacial score (nSPS) is 11.0. The highest BCUT2D eigenvalue weighted by Crippen LogP contribution is 2.34. The summed E-state index contributed by atoms with van der Waals surface area (Å²) >= 11 is 0. The van der Waals surface area contributed by atoms with E-state index in [4.69, 9.17) is 19.4 Å². The number of anilines is 2. The van der Waals surface area contributed by atoms with Crippen LogP contribution in [0.3, 0.4) is 0 Å². The van der Waals surface area contributed by atoms with Crippen molar-refractivity contribution in [2.75, 3.05) is 37.9 Å². The van der Waals surface area contributed by atoms with Gasteiger partial charge in [0.05, 0.1) is 19.7 Å². The number of ether oxygens (including phenoxy) is 2. The largest absolute Gasteiger partial charge is 0.493 e. The van der Waals surface area contributed by atoms with E-state index in [9.17, 15) is 0 Å². The third kappa shape index (κ3) is 4.96. The summed E-state index contributed by atoms with van der Waals surface area (Å²) in [6.07, 6.45) is 5.50. The van der Waals surface area contributed by atoms with Gasteiger partial charge in [0, 0.05) is 60.0 Å². The summed E-state index contributed by atoms with van der Waals surface area (Å²) < 4.78 is 11.0. The molecule has 3 heterocycles. The lowest BCUT2D eigenvalue weighted by Gasteiger charge is -2.14. The van der Waals surface area contributed by atoms with Gasteiger partial charge in [-0.15, -0.1) is 0 Å². The Labute approximate surface area is 203 Å². The Balaban J connectivity index is 1.39. The van der Waals surface area contributed by atoms with Crippen LogP contribution < -0.4 is 20.1 Å². The zero-order chi connectivity index (χ0) is 24.0. The van der Waals surface area contributed by atoms with Crippen LogP contribution in [-0.2, 0) is 12.8 Å². The highest BCUT2D eigenvalue weighted by atomic mass is 16.5. The van der Waals surface area contributed by atoms with E-state index in [0.717, 1.165) is 47.3 Å². The number of nitrogens with one attached hydrogen (secondary N) is 3. The second-order valence-electron chi connectivity index (χ2n) is 8.15. The van der Waals surface area contributed by atoms with Gasteiger partial charge in [0.25, 0.3) is 0 Å². The fourth-order valence-electron chi connectivity index (χ4n) is 4.17. The van der Waals surface area contributed by atoms with E-state index < -0.39 is 0 Å². The van der Waals surface area contributed by atoms with E-state index in [1.165, 1.54) is 10.9 Å². The minimum atomic E-state index is 0.551.